The molecule has 0 saturated carbocycles. The fourth-order valence-corrected chi connectivity index (χ4v) is 3.63. The molecule has 0 unspecified atom stereocenters. The average molecular weight is 337 g/mol. The third-order valence-corrected chi connectivity index (χ3v) is 5.45. The first-order valence-electron chi connectivity index (χ1n) is 7.41. The van der Waals surface area contributed by atoms with E-state index >= 15 is 0 Å². The van der Waals surface area contributed by atoms with Crippen molar-refractivity contribution in [2.45, 2.75) is 39.1 Å². The number of benzene rings is 1. The molecule has 126 valence electrons. The van der Waals surface area contributed by atoms with Crippen LogP contribution in [0.5, 0.6) is 5.75 Å². The molecule has 0 saturated heterocycles. The van der Waals surface area contributed by atoms with Gasteiger partial charge in [-0.1, -0.05) is 6.07 Å². The molecular weight excluding hydrogens is 314 g/mol. The molecule has 0 aliphatic rings. The molecule has 0 aliphatic heterocycles. The van der Waals surface area contributed by atoms with Crippen molar-refractivity contribution in [2.24, 2.45) is 0 Å². The summed E-state index contributed by atoms with van der Waals surface area (Å²) in [7, 11) is -2.17. The molecule has 0 spiro atoms. The molecule has 0 atom stereocenters. The van der Waals surface area contributed by atoms with Crippen LogP contribution >= 0.6 is 0 Å². The average Bonchev–Trinajstić information content (AvgIpc) is 2.74. The maximum absolute atomic E-state index is 12.5. The van der Waals surface area contributed by atoms with Crippen LogP contribution in [0.3, 0.4) is 0 Å². The molecule has 2 aromatic rings. The first-order valence-corrected chi connectivity index (χ1v) is 8.89. The molecule has 1 heterocycles. The van der Waals surface area contributed by atoms with Gasteiger partial charge >= 0.3 is 0 Å². The van der Waals surface area contributed by atoms with E-state index in [2.05, 4.69) is 9.82 Å². The highest BCUT2D eigenvalue weighted by Crippen LogP contribution is 2.24. The van der Waals surface area contributed by atoms with Gasteiger partial charge in [-0.25, -0.2) is 13.1 Å². The number of sulfonamides is 1. The lowest BCUT2D eigenvalue weighted by atomic mass is 10.2. The van der Waals surface area contributed by atoms with E-state index in [1.54, 1.807) is 12.1 Å². The summed E-state index contributed by atoms with van der Waals surface area (Å²) in [5.41, 5.74) is 4.01. The summed E-state index contributed by atoms with van der Waals surface area (Å²) in [5.74, 6) is 0.338. The molecule has 0 aliphatic carbocycles. The molecule has 0 bridgehead atoms. The van der Waals surface area contributed by atoms with Gasteiger partial charge < -0.3 is 4.74 Å². The molecule has 2 rings (SSSR count). The Kier molecular flexibility index (Phi) is 5.11. The van der Waals surface area contributed by atoms with Gasteiger partial charge in [0.1, 0.15) is 10.6 Å². The number of ether oxygens (including phenoxy) is 1. The summed E-state index contributed by atoms with van der Waals surface area (Å²) in [6.45, 7) is 8.52. The highest BCUT2D eigenvalue weighted by Gasteiger charge is 2.19. The Bertz CT molecular complexity index is 810. The Labute approximate surface area is 137 Å². The highest BCUT2D eigenvalue weighted by atomic mass is 32.2. The smallest absolute Gasteiger partial charge is 0.244 e. The molecule has 0 radical (unpaired) electrons. The minimum absolute atomic E-state index is 0.157. The van der Waals surface area contributed by atoms with Crippen LogP contribution in [0.4, 0.5) is 0 Å². The van der Waals surface area contributed by atoms with Gasteiger partial charge in [0, 0.05) is 12.2 Å². The zero-order valence-corrected chi connectivity index (χ0v) is 15.0. The zero-order chi connectivity index (χ0) is 17.2. The Morgan fingerprint density at radius 2 is 1.91 bits per heavy atom. The molecule has 0 amide bonds. The number of hydrogen-bond acceptors (Lipinski definition) is 4. The van der Waals surface area contributed by atoms with E-state index in [0.717, 1.165) is 22.5 Å². The summed E-state index contributed by atoms with van der Waals surface area (Å²) in [6.07, 6.45) is 0. The lowest BCUT2D eigenvalue weighted by Gasteiger charge is -2.12. The van der Waals surface area contributed by atoms with E-state index in [4.69, 9.17) is 4.74 Å². The third-order valence-electron chi connectivity index (χ3n) is 3.97. The van der Waals surface area contributed by atoms with Crippen LogP contribution < -0.4 is 9.46 Å². The normalized spacial score (nSPS) is 11.7. The monoisotopic (exact) mass is 337 g/mol. The van der Waals surface area contributed by atoms with Gasteiger partial charge in [0.2, 0.25) is 10.0 Å². The summed E-state index contributed by atoms with van der Waals surface area (Å²) in [4.78, 5) is 0.157. The molecule has 6 nitrogen and oxygen atoms in total. The molecule has 1 aromatic heterocycles. The molecule has 1 N–H and O–H groups in total. The van der Waals surface area contributed by atoms with E-state index in [-0.39, 0.29) is 11.4 Å². The van der Waals surface area contributed by atoms with Crippen molar-refractivity contribution >= 4 is 10.0 Å². The maximum Gasteiger partial charge on any atom is 0.244 e. The van der Waals surface area contributed by atoms with Gasteiger partial charge in [-0.3, -0.25) is 4.68 Å². The van der Waals surface area contributed by atoms with Crippen LogP contribution in [0, 0.1) is 27.7 Å². The lowest BCUT2D eigenvalue weighted by molar-refractivity contribution is 0.402. The van der Waals surface area contributed by atoms with Crippen LogP contribution in [-0.4, -0.2) is 31.9 Å². The second-order valence-corrected chi connectivity index (χ2v) is 7.31. The Morgan fingerprint density at radius 3 is 2.48 bits per heavy atom. The number of methoxy groups -OCH3 is 1. The van der Waals surface area contributed by atoms with Gasteiger partial charge in [0.05, 0.1) is 19.3 Å². The largest absolute Gasteiger partial charge is 0.495 e. The third kappa shape index (κ3) is 3.73. The van der Waals surface area contributed by atoms with Crippen molar-refractivity contribution in [3.8, 4) is 5.75 Å². The summed E-state index contributed by atoms with van der Waals surface area (Å²) in [5, 5.41) is 4.41. The fourth-order valence-electron chi connectivity index (χ4n) is 2.36. The minimum Gasteiger partial charge on any atom is -0.495 e. The van der Waals surface area contributed by atoms with E-state index in [1.807, 2.05) is 38.4 Å². The molecule has 7 heteroatoms. The predicted molar refractivity (Wildman–Crippen MR) is 89.4 cm³/mol. The van der Waals surface area contributed by atoms with Crippen LogP contribution in [0.25, 0.3) is 0 Å². The fraction of sp³-hybridized carbons (Fsp3) is 0.438. The van der Waals surface area contributed by atoms with E-state index in [0.29, 0.717) is 12.3 Å². The Morgan fingerprint density at radius 1 is 1.22 bits per heavy atom. The van der Waals surface area contributed by atoms with Crippen molar-refractivity contribution in [2.75, 3.05) is 13.7 Å². The van der Waals surface area contributed by atoms with Crippen LogP contribution in [0.15, 0.2) is 23.1 Å². The van der Waals surface area contributed by atoms with Crippen molar-refractivity contribution in [1.29, 1.82) is 0 Å². The lowest BCUT2D eigenvalue weighted by Crippen LogP contribution is -2.28. The standard InChI is InChI=1S/C16H23N3O3S/c1-11-6-7-15(22-5)16(10-11)23(20,21)17-8-9-19-14(4)12(2)13(3)18-19/h6-7,10,17H,8-9H2,1-5H3. The number of aryl methyl sites for hydroxylation is 2. The minimum atomic E-state index is -3.63. The van der Waals surface area contributed by atoms with E-state index in [9.17, 15) is 8.42 Å². The SMILES string of the molecule is COc1ccc(C)cc1S(=O)(=O)NCCn1nc(C)c(C)c1C. The van der Waals surface area contributed by atoms with Gasteiger partial charge in [0.15, 0.2) is 0 Å². The second kappa shape index (κ2) is 6.72. The van der Waals surface area contributed by atoms with Gasteiger partial charge in [-0.2, -0.15) is 5.10 Å². The quantitative estimate of drug-likeness (QED) is 0.876. The van der Waals surface area contributed by atoms with Crippen molar-refractivity contribution in [3.63, 3.8) is 0 Å². The predicted octanol–water partition coefficient (Wildman–Crippen LogP) is 2.10. The van der Waals surface area contributed by atoms with E-state index in [1.165, 1.54) is 7.11 Å². The van der Waals surface area contributed by atoms with Crippen molar-refractivity contribution < 1.29 is 13.2 Å². The Hall–Kier alpha value is -1.86. The molecule has 23 heavy (non-hydrogen) atoms. The van der Waals surface area contributed by atoms with E-state index < -0.39 is 10.0 Å². The molecule has 0 fully saturated rings. The topological polar surface area (TPSA) is 73.2 Å². The number of nitrogens with one attached hydrogen (secondary N) is 1. The maximum atomic E-state index is 12.5. The molecular formula is C16H23N3O3S. The van der Waals surface area contributed by atoms with Crippen LogP contribution in [0.2, 0.25) is 0 Å². The first-order chi connectivity index (χ1) is 10.8. The number of nitrogens with zero attached hydrogens (tertiary/aromatic N) is 2. The number of aromatic nitrogens is 2. The first kappa shape index (κ1) is 17.5. The molecule has 1 aromatic carbocycles. The second-order valence-electron chi connectivity index (χ2n) is 5.57. The zero-order valence-electron chi connectivity index (χ0n) is 14.2. The van der Waals surface area contributed by atoms with Crippen LogP contribution in [0.1, 0.15) is 22.5 Å². The number of hydrogen-bond donors (Lipinski definition) is 1. The number of rotatable bonds is 6. The van der Waals surface area contributed by atoms with Crippen molar-refractivity contribution in [1.82, 2.24) is 14.5 Å². The summed E-state index contributed by atoms with van der Waals surface area (Å²) < 4.78 is 34.6. The van der Waals surface area contributed by atoms with Gasteiger partial charge in [0.25, 0.3) is 0 Å². The summed E-state index contributed by atoms with van der Waals surface area (Å²) >= 11 is 0. The van der Waals surface area contributed by atoms with Crippen molar-refractivity contribution in [3.05, 3.63) is 40.7 Å². The summed E-state index contributed by atoms with van der Waals surface area (Å²) in [6, 6.07) is 5.08. The highest BCUT2D eigenvalue weighted by molar-refractivity contribution is 7.89. The van der Waals surface area contributed by atoms with Gasteiger partial charge in [-0.05, 0) is 51.0 Å². The van der Waals surface area contributed by atoms with Gasteiger partial charge in [-0.15, -0.1) is 0 Å². The van der Waals surface area contributed by atoms with Crippen LogP contribution in [-0.2, 0) is 16.6 Å². The Balaban J connectivity index is 2.13.